The van der Waals surface area contributed by atoms with Gasteiger partial charge in [0, 0.05) is 0 Å². The summed E-state index contributed by atoms with van der Waals surface area (Å²) in [6.45, 7) is 6.81. The molecule has 2 heterocycles. The first-order valence-corrected chi connectivity index (χ1v) is 9.13. The third-order valence-electron chi connectivity index (χ3n) is 3.77. The number of amides is 2. The van der Waals surface area contributed by atoms with Gasteiger partial charge in [-0.3, -0.25) is 9.59 Å². The third kappa shape index (κ3) is 9.43. The number of ether oxygens (including phenoxy) is 4. The second-order valence-corrected chi connectivity index (χ2v) is 6.92. The van der Waals surface area contributed by atoms with Gasteiger partial charge in [0.15, 0.2) is 17.9 Å². The van der Waals surface area contributed by atoms with E-state index in [0.29, 0.717) is 6.29 Å². The lowest BCUT2D eigenvalue weighted by molar-refractivity contribution is -0.301. The zero-order valence-corrected chi connectivity index (χ0v) is 18.4. The van der Waals surface area contributed by atoms with Crippen molar-refractivity contribution in [2.24, 2.45) is 43.4 Å². The third-order valence-corrected chi connectivity index (χ3v) is 3.77. The summed E-state index contributed by atoms with van der Waals surface area (Å²) in [6, 6.07) is -0.715. The molecule has 2 aliphatic heterocycles. The molecule has 0 aliphatic carbocycles. The monoisotopic (exact) mass is 462 g/mol. The molecule has 4 atom stereocenters. The minimum Gasteiger partial charge on any atom is -0.361 e. The molecule has 2 amide bonds. The van der Waals surface area contributed by atoms with Crippen molar-refractivity contribution in [1.82, 2.24) is 5.32 Å². The lowest BCUT2D eigenvalue weighted by Crippen LogP contribution is -2.62. The maximum atomic E-state index is 11.6. The zero-order valence-electron chi connectivity index (χ0n) is 18.4. The Morgan fingerprint density at radius 3 is 2.12 bits per heavy atom. The number of carbonyl (C=O) groups is 3. The number of hydrogen-bond acceptors (Lipinski definition) is 10. The molecule has 17 heteroatoms. The van der Waals surface area contributed by atoms with Gasteiger partial charge in [-0.15, -0.1) is 0 Å². The number of rotatable bonds is 5. The van der Waals surface area contributed by atoms with E-state index in [4.69, 9.17) is 30.2 Å². The van der Waals surface area contributed by atoms with Crippen LogP contribution in [0.1, 0.15) is 27.7 Å². The highest BCUT2D eigenvalue weighted by Crippen LogP contribution is 2.35. The van der Waals surface area contributed by atoms with Gasteiger partial charge in [0.25, 0.3) is 0 Å². The Bertz CT molecular complexity index is 700. The molecular weight excluding hydrogens is 432 g/mol. The summed E-state index contributed by atoms with van der Waals surface area (Å²) in [5, 5.41) is 16.0. The molecule has 0 saturated carbocycles. The molecule has 1 unspecified atom stereocenters. The summed E-state index contributed by atoms with van der Waals surface area (Å²) in [5.74, 6) is 0.471. The fourth-order valence-corrected chi connectivity index (χ4v) is 2.73. The highest BCUT2D eigenvalue weighted by atomic mass is 16.8. The molecule has 2 fully saturated rings. The summed E-state index contributed by atoms with van der Waals surface area (Å²) in [6.07, 6.45) is -1.75. The number of hydrogen-bond donors (Lipinski definition) is 5. The van der Waals surface area contributed by atoms with Gasteiger partial charge in [0.05, 0.1) is 12.6 Å². The Balaban J connectivity index is 0.000000911. The highest BCUT2D eigenvalue weighted by molar-refractivity contribution is 6.34. The van der Waals surface area contributed by atoms with Gasteiger partial charge < -0.3 is 46.4 Å². The van der Waals surface area contributed by atoms with Gasteiger partial charge in [-0.2, -0.15) is 5.53 Å². The predicted octanol–water partition coefficient (Wildman–Crippen LogP) is -0.973. The molecule has 8 N–H and O–H groups in total. The van der Waals surface area contributed by atoms with Crippen molar-refractivity contribution in [2.75, 3.05) is 13.7 Å². The smallest absolute Gasteiger partial charge is 0.309 e. The van der Waals surface area contributed by atoms with Crippen LogP contribution in [0.5, 0.6) is 0 Å². The van der Waals surface area contributed by atoms with E-state index in [1.165, 1.54) is 7.05 Å². The SMILES string of the molecule is CC1(C)OC[C@@H](NC(=O)C(N)=O)C([C@@H]2OC(C)(C)O[C@@H]2C=O)O1.CN.N=N/N=N/N=N/N. The molecule has 2 aliphatic rings. The lowest BCUT2D eigenvalue weighted by Gasteiger charge is -2.43. The van der Waals surface area contributed by atoms with Crippen molar-refractivity contribution in [3.8, 4) is 0 Å². The number of nitrogens with two attached hydrogens (primary N) is 3. The molecule has 182 valence electrons. The van der Waals surface area contributed by atoms with E-state index in [9.17, 15) is 14.4 Å². The fraction of sp³-hybridized carbons (Fsp3) is 0.800. The first-order valence-electron chi connectivity index (χ1n) is 9.13. The molecule has 2 rings (SSSR count). The van der Waals surface area contributed by atoms with Crippen LogP contribution in [-0.4, -0.2) is 67.7 Å². The van der Waals surface area contributed by atoms with Crippen LogP contribution < -0.4 is 22.6 Å². The van der Waals surface area contributed by atoms with Crippen molar-refractivity contribution < 1.29 is 33.3 Å². The summed E-state index contributed by atoms with van der Waals surface area (Å²) in [7, 11) is 1.50. The molecule has 17 nitrogen and oxygen atoms in total. The van der Waals surface area contributed by atoms with Gasteiger partial charge in [-0.05, 0) is 55.6 Å². The summed E-state index contributed by atoms with van der Waals surface area (Å²) in [4.78, 5) is 33.8. The van der Waals surface area contributed by atoms with E-state index in [-0.39, 0.29) is 6.61 Å². The first kappa shape index (κ1) is 29.0. The Morgan fingerprint density at radius 2 is 1.62 bits per heavy atom. The molecule has 2 saturated heterocycles. The Morgan fingerprint density at radius 1 is 1.03 bits per heavy atom. The predicted molar refractivity (Wildman–Crippen MR) is 105 cm³/mol. The summed E-state index contributed by atoms with van der Waals surface area (Å²) < 4.78 is 22.6. The van der Waals surface area contributed by atoms with Crippen molar-refractivity contribution in [3.63, 3.8) is 0 Å². The van der Waals surface area contributed by atoms with Crippen molar-refractivity contribution in [1.29, 1.82) is 5.53 Å². The topological polar surface area (TPSA) is 264 Å². The van der Waals surface area contributed by atoms with Crippen molar-refractivity contribution in [3.05, 3.63) is 0 Å². The number of nitrogens with one attached hydrogen (secondary N) is 2. The van der Waals surface area contributed by atoms with Crippen LogP contribution >= 0.6 is 0 Å². The van der Waals surface area contributed by atoms with Crippen LogP contribution in [0, 0.1) is 5.53 Å². The Hall–Kier alpha value is -2.99. The zero-order chi connectivity index (χ0) is 24.9. The van der Waals surface area contributed by atoms with E-state index < -0.39 is 47.7 Å². The molecule has 32 heavy (non-hydrogen) atoms. The minimum absolute atomic E-state index is 0.0720. The maximum Gasteiger partial charge on any atom is 0.309 e. The van der Waals surface area contributed by atoms with E-state index >= 15 is 0 Å². The maximum absolute atomic E-state index is 11.6. The molecular formula is C15H30N10O7. The number of nitrogens with zero attached hydrogens (tertiary/aromatic N) is 5. The molecule has 0 aromatic heterocycles. The average molecular weight is 462 g/mol. The molecule has 0 bridgehead atoms. The molecule has 0 aromatic carbocycles. The summed E-state index contributed by atoms with van der Waals surface area (Å²) >= 11 is 0. The van der Waals surface area contributed by atoms with Gasteiger partial charge in [-0.1, -0.05) is 5.22 Å². The fourth-order valence-electron chi connectivity index (χ4n) is 2.73. The Labute approximate surface area is 183 Å². The van der Waals surface area contributed by atoms with E-state index in [1.807, 2.05) is 0 Å². The first-order chi connectivity index (χ1) is 15.0. The highest BCUT2D eigenvalue weighted by Gasteiger charge is 2.51. The largest absolute Gasteiger partial charge is 0.361 e. The van der Waals surface area contributed by atoms with E-state index in [2.05, 4.69) is 43.0 Å². The van der Waals surface area contributed by atoms with Crippen LogP contribution in [0.2, 0.25) is 0 Å². The minimum atomic E-state index is -1.12. The number of carbonyl (C=O) groups excluding carboxylic acids is 3. The van der Waals surface area contributed by atoms with Crippen LogP contribution in [0.3, 0.4) is 0 Å². The molecule has 0 spiro atoms. The van der Waals surface area contributed by atoms with Gasteiger partial charge >= 0.3 is 11.8 Å². The number of primary amides is 1. The Kier molecular flexibility index (Phi) is 12.2. The van der Waals surface area contributed by atoms with Crippen LogP contribution in [0.15, 0.2) is 26.1 Å². The van der Waals surface area contributed by atoms with Crippen LogP contribution in [0.25, 0.3) is 0 Å². The summed E-state index contributed by atoms with van der Waals surface area (Å²) in [5.41, 5.74) is 15.5. The van der Waals surface area contributed by atoms with Crippen molar-refractivity contribution >= 4 is 18.1 Å². The van der Waals surface area contributed by atoms with Crippen LogP contribution in [-0.2, 0) is 33.3 Å². The molecule has 0 aromatic rings. The quantitative estimate of drug-likeness (QED) is 0.110. The second kappa shape index (κ2) is 13.4. The standard InChI is InChI=1S/C14H22N2O7.CH5N.H3N7/c1-13(2)20-6-7(16-12(19)11(15)18)9(22-13)10-8(5-17)21-14(3,4)23-10;1-2;1-3-5-7-6-4-2/h5,7-10H,6H2,1-4H3,(H2,15,18)(H,16,19);2H2,1H3;(H3,1,2,5,6)/t7-,8-,9?,10-;;/m1../s1. The molecule has 0 radical (unpaired) electrons. The van der Waals surface area contributed by atoms with Gasteiger partial charge in [0.1, 0.15) is 18.3 Å². The van der Waals surface area contributed by atoms with E-state index in [0.717, 1.165) is 0 Å². The average Bonchev–Trinajstić information content (AvgIpc) is 3.06. The van der Waals surface area contributed by atoms with E-state index in [1.54, 1.807) is 27.7 Å². The van der Waals surface area contributed by atoms with Crippen LogP contribution in [0.4, 0.5) is 0 Å². The lowest BCUT2D eigenvalue weighted by atomic mass is 9.99. The second-order valence-electron chi connectivity index (χ2n) is 6.92. The van der Waals surface area contributed by atoms with Gasteiger partial charge in [0.2, 0.25) is 0 Å². The normalized spacial score (nSPS) is 28.1. The van der Waals surface area contributed by atoms with Crippen molar-refractivity contribution in [2.45, 2.75) is 63.6 Å². The number of aldehydes is 1. The van der Waals surface area contributed by atoms with Gasteiger partial charge in [-0.25, -0.2) is 0 Å².